The van der Waals surface area contributed by atoms with E-state index in [1.165, 1.54) is 6.42 Å². The molecule has 0 aromatic rings. The van der Waals surface area contributed by atoms with E-state index in [1.54, 1.807) is 0 Å². The second-order valence-electron chi connectivity index (χ2n) is 1.79. The van der Waals surface area contributed by atoms with E-state index in [0.717, 1.165) is 24.7 Å². The fraction of sp³-hybridized carbons (Fsp3) is 0.500. The standard InChI is InChI=1S/C6H8O/c7-5-6-3-1-2-4-6/h3,5H,1-2,4H2. The molecule has 1 aliphatic rings. The fourth-order valence-corrected chi connectivity index (χ4v) is 0.803. The van der Waals surface area contributed by atoms with E-state index in [-0.39, 0.29) is 0 Å². The number of hydrogen-bond acceptors (Lipinski definition) is 1. The molecule has 0 aromatic carbocycles. The van der Waals surface area contributed by atoms with Gasteiger partial charge in [-0.1, -0.05) is 6.08 Å². The SMILES string of the molecule is O=CC1=CCCC1. The molecular weight excluding hydrogens is 88.1 g/mol. The van der Waals surface area contributed by atoms with Crippen LogP contribution in [0, 0.1) is 0 Å². The van der Waals surface area contributed by atoms with Crippen LogP contribution in [0.2, 0.25) is 0 Å². The van der Waals surface area contributed by atoms with E-state index in [2.05, 4.69) is 0 Å². The molecule has 0 atom stereocenters. The van der Waals surface area contributed by atoms with Crippen LogP contribution in [0.25, 0.3) is 0 Å². The molecule has 0 N–H and O–H groups in total. The highest BCUT2D eigenvalue weighted by Gasteiger charge is 1.99. The second-order valence-corrected chi connectivity index (χ2v) is 1.79. The molecule has 0 heterocycles. The molecule has 0 bridgehead atoms. The summed E-state index contributed by atoms with van der Waals surface area (Å²) in [6.07, 6.45) is 6.24. The maximum Gasteiger partial charge on any atom is 0.145 e. The Morgan fingerprint density at radius 1 is 1.71 bits per heavy atom. The first kappa shape index (κ1) is 4.57. The first-order chi connectivity index (χ1) is 3.43. The highest BCUT2D eigenvalue weighted by Crippen LogP contribution is 2.14. The van der Waals surface area contributed by atoms with Crippen molar-refractivity contribution in [3.05, 3.63) is 11.6 Å². The predicted octanol–water partition coefficient (Wildman–Crippen LogP) is 1.30. The van der Waals surface area contributed by atoms with Crippen molar-refractivity contribution in [3.8, 4) is 0 Å². The third kappa shape index (κ3) is 0.889. The molecule has 0 radical (unpaired) electrons. The molecule has 1 aliphatic carbocycles. The Labute approximate surface area is 43.0 Å². The maximum atomic E-state index is 9.94. The molecule has 1 heteroatoms. The van der Waals surface area contributed by atoms with E-state index in [1.807, 2.05) is 6.08 Å². The number of hydrogen-bond donors (Lipinski definition) is 0. The molecule has 1 rings (SSSR count). The van der Waals surface area contributed by atoms with Crippen molar-refractivity contribution >= 4 is 6.29 Å². The molecule has 0 aliphatic heterocycles. The quantitative estimate of drug-likeness (QED) is 0.449. The van der Waals surface area contributed by atoms with E-state index >= 15 is 0 Å². The molecule has 38 valence electrons. The largest absolute Gasteiger partial charge is 0.298 e. The van der Waals surface area contributed by atoms with Crippen molar-refractivity contribution in [2.45, 2.75) is 19.3 Å². The van der Waals surface area contributed by atoms with Crippen LogP contribution in [0.4, 0.5) is 0 Å². The van der Waals surface area contributed by atoms with Gasteiger partial charge in [-0.2, -0.15) is 0 Å². The van der Waals surface area contributed by atoms with Crippen molar-refractivity contribution in [1.29, 1.82) is 0 Å². The lowest BCUT2D eigenvalue weighted by Gasteiger charge is -1.79. The van der Waals surface area contributed by atoms with Gasteiger partial charge in [-0.15, -0.1) is 0 Å². The van der Waals surface area contributed by atoms with E-state index in [9.17, 15) is 4.79 Å². The van der Waals surface area contributed by atoms with Crippen LogP contribution in [0.3, 0.4) is 0 Å². The molecule has 1 nitrogen and oxygen atoms in total. The van der Waals surface area contributed by atoms with Crippen LogP contribution >= 0.6 is 0 Å². The first-order valence-electron chi connectivity index (χ1n) is 2.57. The number of rotatable bonds is 1. The lowest BCUT2D eigenvalue weighted by Crippen LogP contribution is -1.73. The minimum Gasteiger partial charge on any atom is -0.298 e. The lowest BCUT2D eigenvalue weighted by atomic mass is 10.3. The number of allylic oxidation sites excluding steroid dienone is 2. The zero-order valence-electron chi connectivity index (χ0n) is 4.18. The van der Waals surface area contributed by atoms with Crippen LogP contribution < -0.4 is 0 Å². The summed E-state index contributed by atoms with van der Waals surface area (Å²) in [7, 11) is 0. The molecule has 0 saturated heterocycles. The van der Waals surface area contributed by atoms with Gasteiger partial charge in [-0.25, -0.2) is 0 Å². The van der Waals surface area contributed by atoms with Crippen LogP contribution in [0.1, 0.15) is 19.3 Å². The van der Waals surface area contributed by atoms with Gasteiger partial charge >= 0.3 is 0 Å². The molecule has 0 fully saturated rings. The monoisotopic (exact) mass is 96.1 g/mol. The topological polar surface area (TPSA) is 17.1 Å². The van der Waals surface area contributed by atoms with Crippen LogP contribution in [0.5, 0.6) is 0 Å². The highest BCUT2D eigenvalue weighted by atomic mass is 16.1. The Bertz CT molecular complexity index is 103. The molecule has 0 aromatic heterocycles. The van der Waals surface area contributed by atoms with Gasteiger partial charge in [0.25, 0.3) is 0 Å². The summed E-state index contributed by atoms with van der Waals surface area (Å²) < 4.78 is 0. The summed E-state index contributed by atoms with van der Waals surface area (Å²) in [6.45, 7) is 0. The summed E-state index contributed by atoms with van der Waals surface area (Å²) in [5, 5.41) is 0. The lowest BCUT2D eigenvalue weighted by molar-refractivity contribution is -0.105. The van der Waals surface area contributed by atoms with Crippen molar-refractivity contribution in [2.24, 2.45) is 0 Å². The first-order valence-corrected chi connectivity index (χ1v) is 2.57. The van der Waals surface area contributed by atoms with Gasteiger partial charge < -0.3 is 0 Å². The Kier molecular flexibility index (Phi) is 1.25. The van der Waals surface area contributed by atoms with Gasteiger partial charge in [0, 0.05) is 0 Å². The Morgan fingerprint density at radius 3 is 2.86 bits per heavy atom. The number of aldehydes is 1. The van der Waals surface area contributed by atoms with Gasteiger partial charge in [0.1, 0.15) is 6.29 Å². The van der Waals surface area contributed by atoms with E-state index < -0.39 is 0 Å². The predicted molar refractivity (Wildman–Crippen MR) is 28.0 cm³/mol. The number of carbonyl (C=O) groups is 1. The summed E-state index contributed by atoms with van der Waals surface area (Å²) in [6, 6.07) is 0. The third-order valence-electron chi connectivity index (χ3n) is 1.23. The number of carbonyl (C=O) groups excluding carboxylic acids is 1. The zero-order chi connectivity index (χ0) is 5.11. The van der Waals surface area contributed by atoms with Crippen LogP contribution in [-0.2, 0) is 4.79 Å². The molecule has 0 spiro atoms. The average Bonchev–Trinajstić information content (AvgIpc) is 2.14. The maximum absolute atomic E-state index is 9.94. The van der Waals surface area contributed by atoms with Crippen LogP contribution in [0.15, 0.2) is 11.6 Å². The van der Waals surface area contributed by atoms with Crippen LogP contribution in [-0.4, -0.2) is 6.29 Å². The molecule has 0 saturated carbocycles. The van der Waals surface area contributed by atoms with E-state index in [0.29, 0.717) is 0 Å². The summed E-state index contributed by atoms with van der Waals surface area (Å²) in [5.74, 6) is 0. The fourth-order valence-electron chi connectivity index (χ4n) is 0.803. The molecule has 7 heavy (non-hydrogen) atoms. The third-order valence-corrected chi connectivity index (χ3v) is 1.23. The van der Waals surface area contributed by atoms with E-state index in [4.69, 9.17) is 0 Å². The Hall–Kier alpha value is -0.590. The normalized spacial score (nSPS) is 19.1. The summed E-state index contributed by atoms with van der Waals surface area (Å²) >= 11 is 0. The molecular formula is C6H8O. The summed E-state index contributed by atoms with van der Waals surface area (Å²) in [4.78, 5) is 9.94. The zero-order valence-corrected chi connectivity index (χ0v) is 4.18. The minimum absolute atomic E-state index is 0.951. The second kappa shape index (κ2) is 1.92. The van der Waals surface area contributed by atoms with Gasteiger partial charge in [-0.05, 0) is 24.8 Å². The Balaban J connectivity index is 2.51. The van der Waals surface area contributed by atoms with Gasteiger partial charge in [-0.3, -0.25) is 4.79 Å². The summed E-state index contributed by atoms with van der Waals surface area (Å²) in [5.41, 5.74) is 0.986. The molecule has 0 amide bonds. The van der Waals surface area contributed by atoms with Gasteiger partial charge in [0.05, 0.1) is 0 Å². The smallest absolute Gasteiger partial charge is 0.145 e. The van der Waals surface area contributed by atoms with Crippen molar-refractivity contribution in [3.63, 3.8) is 0 Å². The van der Waals surface area contributed by atoms with Crippen molar-refractivity contribution in [2.75, 3.05) is 0 Å². The highest BCUT2D eigenvalue weighted by molar-refractivity contribution is 5.73. The van der Waals surface area contributed by atoms with Crippen molar-refractivity contribution in [1.82, 2.24) is 0 Å². The minimum atomic E-state index is 0.951. The van der Waals surface area contributed by atoms with Gasteiger partial charge in [0.2, 0.25) is 0 Å². The van der Waals surface area contributed by atoms with Gasteiger partial charge in [0.15, 0.2) is 0 Å². The Morgan fingerprint density at radius 2 is 2.57 bits per heavy atom. The van der Waals surface area contributed by atoms with Crippen molar-refractivity contribution < 1.29 is 4.79 Å². The average molecular weight is 96.1 g/mol. The molecule has 0 unspecified atom stereocenters.